The van der Waals surface area contributed by atoms with Crippen molar-refractivity contribution in [2.24, 2.45) is 0 Å². The lowest BCUT2D eigenvalue weighted by Crippen LogP contribution is -2.23. The zero-order valence-electron chi connectivity index (χ0n) is 7.56. The normalized spacial score (nSPS) is 16.4. The molecule has 0 unspecified atom stereocenters. The average molecular weight is 274 g/mol. The third kappa shape index (κ3) is 1.66. The molecule has 0 spiro atoms. The lowest BCUT2D eigenvalue weighted by Gasteiger charge is -2.19. The summed E-state index contributed by atoms with van der Waals surface area (Å²) in [5.74, 6) is 0.674. The van der Waals surface area contributed by atoms with Gasteiger partial charge in [0.25, 0.3) is 0 Å². The highest BCUT2D eigenvalue weighted by Gasteiger charge is 2.20. The van der Waals surface area contributed by atoms with Gasteiger partial charge in [0, 0.05) is 13.0 Å². The van der Waals surface area contributed by atoms with Crippen LogP contribution < -0.4 is 4.90 Å². The molecule has 0 aliphatic carbocycles. The van der Waals surface area contributed by atoms with Crippen LogP contribution in [0.25, 0.3) is 0 Å². The van der Waals surface area contributed by atoms with Crippen LogP contribution in [0.3, 0.4) is 0 Å². The monoisotopic (exact) mass is 272 g/mol. The SMILES string of the molecule is N=C1CCCN1c1cccc(Cl)c1Br. The van der Waals surface area contributed by atoms with E-state index in [1.165, 1.54) is 0 Å². The van der Waals surface area contributed by atoms with Crippen molar-refractivity contribution in [3.05, 3.63) is 27.7 Å². The second kappa shape index (κ2) is 3.91. The van der Waals surface area contributed by atoms with E-state index >= 15 is 0 Å². The van der Waals surface area contributed by atoms with E-state index in [-0.39, 0.29) is 0 Å². The Balaban J connectivity index is 2.41. The zero-order chi connectivity index (χ0) is 10.1. The predicted octanol–water partition coefficient (Wildman–Crippen LogP) is 3.68. The van der Waals surface area contributed by atoms with Crippen molar-refractivity contribution in [2.75, 3.05) is 11.4 Å². The summed E-state index contributed by atoms with van der Waals surface area (Å²) in [6.07, 6.45) is 1.91. The first-order valence-electron chi connectivity index (χ1n) is 4.49. The molecule has 1 aliphatic rings. The molecule has 1 aromatic rings. The number of hydrogen-bond donors (Lipinski definition) is 1. The second-order valence-corrected chi connectivity index (χ2v) is 4.48. The van der Waals surface area contributed by atoms with E-state index in [0.29, 0.717) is 10.9 Å². The molecule has 0 amide bonds. The Morgan fingerprint density at radius 1 is 1.43 bits per heavy atom. The van der Waals surface area contributed by atoms with Gasteiger partial charge >= 0.3 is 0 Å². The molecule has 14 heavy (non-hydrogen) atoms. The molecule has 1 saturated heterocycles. The lowest BCUT2D eigenvalue weighted by molar-refractivity contribution is 0.955. The van der Waals surface area contributed by atoms with Gasteiger partial charge in [0.1, 0.15) is 5.84 Å². The molecule has 1 fully saturated rings. The van der Waals surface area contributed by atoms with Gasteiger partial charge in [-0.05, 0) is 34.5 Å². The molecule has 4 heteroatoms. The number of nitrogens with zero attached hydrogens (tertiary/aromatic N) is 1. The van der Waals surface area contributed by atoms with Crippen LogP contribution >= 0.6 is 27.5 Å². The van der Waals surface area contributed by atoms with Crippen LogP contribution in [-0.2, 0) is 0 Å². The topological polar surface area (TPSA) is 27.1 Å². The highest BCUT2D eigenvalue weighted by atomic mass is 79.9. The minimum absolute atomic E-state index is 0.674. The van der Waals surface area contributed by atoms with Crippen LogP contribution in [0, 0.1) is 5.41 Å². The van der Waals surface area contributed by atoms with Crippen LogP contribution in [0.1, 0.15) is 12.8 Å². The number of hydrogen-bond acceptors (Lipinski definition) is 1. The molecule has 0 bridgehead atoms. The maximum Gasteiger partial charge on any atom is 0.100 e. The molecule has 0 atom stereocenters. The van der Waals surface area contributed by atoms with Crippen molar-refractivity contribution in [2.45, 2.75) is 12.8 Å². The minimum Gasteiger partial charge on any atom is -0.329 e. The lowest BCUT2D eigenvalue weighted by atomic mass is 10.3. The van der Waals surface area contributed by atoms with Crippen molar-refractivity contribution in [3.63, 3.8) is 0 Å². The fourth-order valence-corrected chi connectivity index (χ4v) is 2.29. The Morgan fingerprint density at radius 3 is 2.86 bits per heavy atom. The molecule has 1 N–H and O–H groups in total. The highest BCUT2D eigenvalue weighted by Crippen LogP contribution is 2.34. The van der Waals surface area contributed by atoms with Gasteiger partial charge in [0.05, 0.1) is 15.2 Å². The van der Waals surface area contributed by atoms with Crippen molar-refractivity contribution in [3.8, 4) is 0 Å². The molecule has 1 aromatic carbocycles. The van der Waals surface area contributed by atoms with Crippen LogP contribution in [0.2, 0.25) is 5.02 Å². The molecule has 1 aliphatic heterocycles. The first-order chi connectivity index (χ1) is 6.70. The fraction of sp³-hybridized carbons (Fsp3) is 0.300. The molecule has 2 rings (SSSR count). The van der Waals surface area contributed by atoms with Gasteiger partial charge < -0.3 is 4.90 Å². The van der Waals surface area contributed by atoms with E-state index in [4.69, 9.17) is 17.0 Å². The van der Waals surface area contributed by atoms with Gasteiger partial charge in [-0.25, -0.2) is 0 Å². The van der Waals surface area contributed by atoms with Crippen molar-refractivity contribution >= 4 is 39.1 Å². The Kier molecular flexibility index (Phi) is 2.79. The Hall–Kier alpha value is -0.540. The van der Waals surface area contributed by atoms with Gasteiger partial charge in [-0.3, -0.25) is 5.41 Å². The van der Waals surface area contributed by atoms with Gasteiger partial charge in [0.15, 0.2) is 0 Å². The first kappa shape index (κ1) is 9.99. The Bertz CT molecular complexity index is 378. The quantitative estimate of drug-likeness (QED) is 0.830. The average Bonchev–Trinajstić information content (AvgIpc) is 2.57. The number of anilines is 1. The summed E-state index contributed by atoms with van der Waals surface area (Å²) in [7, 11) is 0. The number of amidine groups is 1. The van der Waals surface area contributed by atoms with E-state index in [1.807, 2.05) is 23.1 Å². The molecular formula is C10H10BrClN2. The molecule has 2 nitrogen and oxygen atoms in total. The van der Waals surface area contributed by atoms with Crippen molar-refractivity contribution in [1.29, 1.82) is 5.41 Å². The fourth-order valence-electron chi connectivity index (χ4n) is 1.64. The molecule has 0 aromatic heterocycles. The Morgan fingerprint density at radius 2 is 2.21 bits per heavy atom. The largest absolute Gasteiger partial charge is 0.329 e. The van der Waals surface area contributed by atoms with E-state index in [0.717, 1.165) is 29.5 Å². The standard InChI is InChI=1S/C10H10BrClN2/c11-10-7(12)3-1-4-8(10)14-6-2-5-9(14)13/h1,3-4,13H,2,5-6H2. The maximum atomic E-state index is 7.77. The van der Waals surface area contributed by atoms with Crippen molar-refractivity contribution < 1.29 is 0 Å². The van der Waals surface area contributed by atoms with Crippen LogP contribution in [0.5, 0.6) is 0 Å². The van der Waals surface area contributed by atoms with Crippen LogP contribution in [-0.4, -0.2) is 12.4 Å². The predicted molar refractivity (Wildman–Crippen MR) is 63.5 cm³/mol. The smallest absolute Gasteiger partial charge is 0.100 e. The first-order valence-corrected chi connectivity index (χ1v) is 5.66. The Labute approximate surface area is 96.5 Å². The van der Waals surface area contributed by atoms with Gasteiger partial charge in [-0.2, -0.15) is 0 Å². The number of benzene rings is 1. The number of halogens is 2. The molecule has 0 radical (unpaired) electrons. The third-order valence-corrected chi connectivity index (χ3v) is 3.72. The van der Waals surface area contributed by atoms with E-state index < -0.39 is 0 Å². The van der Waals surface area contributed by atoms with Crippen molar-refractivity contribution in [1.82, 2.24) is 0 Å². The highest BCUT2D eigenvalue weighted by molar-refractivity contribution is 9.10. The van der Waals surface area contributed by atoms with E-state index in [1.54, 1.807) is 0 Å². The number of rotatable bonds is 1. The van der Waals surface area contributed by atoms with Crippen LogP contribution in [0.4, 0.5) is 5.69 Å². The summed E-state index contributed by atoms with van der Waals surface area (Å²) < 4.78 is 0.883. The van der Waals surface area contributed by atoms with Gasteiger partial charge in [-0.1, -0.05) is 17.7 Å². The molecule has 74 valence electrons. The summed E-state index contributed by atoms with van der Waals surface area (Å²) in [5, 5.41) is 8.47. The summed E-state index contributed by atoms with van der Waals surface area (Å²) in [6.45, 7) is 0.914. The summed E-state index contributed by atoms with van der Waals surface area (Å²) in [5.41, 5.74) is 1.00. The zero-order valence-corrected chi connectivity index (χ0v) is 9.90. The minimum atomic E-state index is 0.674. The van der Waals surface area contributed by atoms with Gasteiger partial charge in [0.2, 0.25) is 0 Å². The van der Waals surface area contributed by atoms with Crippen LogP contribution in [0.15, 0.2) is 22.7 Å². The van der Waals surface area contributed by atoms with E-state index in [9.17, 15) is 0 Å². The summed E-state index contributed by atoms with van der Waals surface area (Å²) in [6, 6.07) is 5.73. The maximum absolute atomic E-state index is 7.77. The summed E-state index contributed by atoms with van der Waals surface area (Å²) >= 11 is 9.44. The molecule has 1 heterocycles. The van der Waals surface area contributed by atoms with Gasteiger partial charge in [-0.15, -0.1) is 0 Å². The molecular weight excluding hydrogens is 263 g/mol. The number of nitrogens with one attached hydrogen (secondary N) is 1. The molecule has 0 saturated carbocycles. The second-order valence-electron chi connectivity index (χ2n) is 3.27. The third-order valence-electron chi connectivity index (χ3n) is 2.34. The van der Waals surface area contributed by atoms with E-state index in [2.05, 4.69) is 15.9 Å². The summed E-state index contributed by atoms with van der Waals surface area (Å²) in [4.78, 5) is 2.00.